The fraction of sp³-hybridized carbons (Fsp3) is 0.708. The number of hydrogen-bond donors (Lipinski definition) is 3. The second kappa shape index (κ2) is 21.0. The molecule has 8 unspecified atom stereocenters. The number of carbonyl (C=O) groups is 6. The lowest BCUT2D eigenvalue weighted by molar-refractivity contribution is -0.224. The Kier molecular flexibility index (Phi) is 16.2. The Bertz CT molecular complexity index is 1920. The number of hydrogen-bond acceptors (Lipinski definition) is 15. The second-order valence-electron chi connectivity index (χ2n) is 19.8. The summed E-state index contributed by atoms with van der Waals surface area (Å²) >= 11 is 0. The summed E-state index contributed by atoms with van der Waals surface area (Å²) in [5.41, 5.74) is -1.48. The van der Waals surface area contributed by atoms with Crippen molar-refractivity contribution < 1.29 is 67.1 Å². The van der Waals surface area contributed by atoms with E-state index in [9.17, 15) is 33.9 Å². The highest BCUT2D eigenvalue weighted by molar-refractivity contribution is 5.94. The number of benzene rings is 1. The molecule has 5 aliphatic rings. The molecule has 2 bridgehead atoms. The molecule has 17 heteroatoms. The number of esters is 4. The highest BCUT2D eigenvalue weighted by Gasteiger charge is 2.76. The van der Waals surface area contributed by atoms with Crippen molar-refractivity contribution in [1.82, 2.24) is 15.7 Å². The summed E-state index contributed by atoms with van der Waals surface area (Å²) in [6.45, 7) is 12.8. The smallest absolute Gasteiger partial charge is 0.348 e. The van der Waals surface area contributed by atoms with Gasteiger partial charge in [0.2, 0.25) is 17.9 Å². The van der Waals surface area contributed by atoms with E-state index in [-0.39, 0.29) is 45.4 Å². The predicted molar refractivity (Wildman–Crippen MR) is 234 cm³/mol. The number of rotatable bonds is 22. The topological polar surface area (TPSA) is 215 Å². The van der Waals surface area contributed by atoms with Crippen LogP contribution >= 0.6 is 0 Å². The van der Waals surface area contributed by atoms with Crippen molar-refractivity contribution in [3.63, 3.8) is 0 Å². The molecular formula is C48H69N3O14. The van der Waals surface area contributed by atoms with Crippen LogP contribution in [0.15, 0.2) is 30.3 Å². The molecule has 0 radical (unpaired) electrons. The average Bonchev–Trinajstić information content (AvgIpc) is 3.88. The Morgan fingerprint density at radius 3 is 2.34 bits per heavy atom. The molecule has 6 rings (SSSR count). The lowest BCUT2D eigenvalue weighted by Crippen LogP contribution is -2.69. The Labute approximate surface area is 381 Å². The lowest BCUT2D eigenvalue weighted by Gasteiger charge is -2.48. The SMILES string of the molecule is CCCCCC1(CCCCC)OC2C3CC4(C(=O)NCCC(=O)NC(CO)CCC(=O)OC(C)(C)C)C(ON(Cc5cccc(C=CC(=O)OC6C(=O)OCC6(C)C)c5)C4C(=O)O3)C2O1. The van der Waals surface area contributed by atoms with Gasteiger partial charge in [-0.3, -0.25) is 24.0 Å². The Morgan fingerprint density at radius 2 is 1.69 bits per heavy atom. The molecule has 1 aliphatic carbocycles. The monoisotopic (exact) mass is 911 g/mol. The maximum Gasteiger partial charge on any atom is 0.348 e. The van der Waals surface area contributed by atoms with Gasteiger partial charge in [-0.1, -0.05) is 77.6 Å². The van der Waals surface area contributed by atoms with Crippen LogP contribution in [0.1, 0.15) is 137 Å². The van der Waals surface area contributed by atoms with Gasteiger partial charge in [-0.25, -0.2) is 9.59 Å². The van der Waals surface area contributed by atoms with Crippen LogP contribution in [0.4, 0.5) is 0 Å². The van der Waals surface area contributed by atoms with Crippen molar-refractivity contribution in [1.29, 1.82) is 0 Å². The minimum Gasteiger partial charge on any atom is -0.462 e. The molecule has 4 aliphatic heterocycles. The molecular weight excluding hydrogens is 843 g/mol. The maximum absolute atomic E-state index is 14.8. The van der Waals surface area contributed by atoms with Crippen LogP contribution in [0.2, 0.25) is 0 Å². The van der Waals surface area contributed by atoms with Crippen molar-refractivity contribution in [3.8, 4) is 0 Å². The molecule has 4 saturated heterocycles. The van der Waals surface area contributed by atoms with Gasteiger partial charge in [-0.05, 0) is 57.2 Å². The standard InChI is InChI=1S/C48H69N3O14/c1-8-10-12-22-47(23-13-11-9-2)63-37-33-26-48(44(58)49-24-21-34(53)50-32(28-52)18-20-36(55)62-45(3,4)5)39(42(56)60-33)51(65-40(48)38(37)64-47)27-31-16-14-15-30(25-31)17-19-35(54)61-41-43(57)59-29-46(41,6)7/h14-17,19,25,32-33,37-41,52H,8-13,18,20-24,26-29H2,1-7H3,(H,49,58)(H,50,53). The van der Waals surface area contributed by atoms with E-state index in [0.717, 1.165) is 38.5 Å². The first-order valence-electron chi connectivity index (χ1n) is 23.4. The lowest BCUT2D eigenvalue weighted by atomic mass is 9.62. The summed E-state index contributed by atoms with van der Waals surface area (Å²) in [7, 11) is 0. The maximum atomic E-state index is 14.8. The minimum atomic E-state index is -1.48. The molecule has 360 valence electrons. The largest absolute Gasteiger partial charge is 0.462 e. The van der Waals surface area contributed by atoms with Crippen LogP contribution in [0.3, 0.4) is 0 Å². The molecule has 3 N–H and O–H groups in total. The summed E-state index contributed by atoms with van der Waals surface area (Å²) in [6.07, 6.45) is 5.69. The molecule has 17 nitrogen and oxygen atoms in total. The molecule has 2 amide bonds. The molecule has 0 spiro atoms. The number of cyclic esters (lactones) is 1. The quantitative estimate of drug-likeness (QED) is 0.0620. The number of nitrogens with one attached hydrogen (secondary N) is 2. The van der Waals surface area contributed by atoms with Crippen molar-refractivity contribution >= 4 is 41.8 Å². The van der Waals surface area contributed by atoms with Gasteiger partial charge in [0.1, 0.15) is 42.0 Å². The van der Waals surface area contributed by atoms with E-state index in [1.54, 1.807) is 52.8 Å². The third kappa shape index (κ3) is 11.8. The predicted octanol–water partition coefficient (Wildman–Crippen LogP) is 4.74. The number of aliphatic hydroxyl groups excluding tert-OH is 1. The van der Waals surface area contributed by atoms with Crippen molar-refractivity contribution in [2.45, 2.75) is 186 Å². The summed E-state index contributed by atoms with van der Waals surface area (Å²) < 4.78 is 35.9. The minimum absolute atomic E-state index is 0.000990. The Hall–Kier alpha value is -4.42. The van der Waals surface area contributed by atoms with Crippen molar-refractivity contribution in [2.75, 3.05) is 19.8 Å². The van der Waals surface area contributed by atoms with Crippen molar-refractivity contribution in [2.24, 2.45) is 10.8 Å². The molecule has 0 aromatic heterocycles. The summed E-state index contributed by atoms with van der Waals surface area (Å²) in [4.78, 5) is 86.2. The van der Waals surface area contributed by atoms with E-state index >= 15 is 0 Å². The van der Waals surface area contributed by atoms with E-state index in [1.165, 1.54) is 11.1 Å². The normalized spacial score (nSPS) is 28.0. The Morgan fingerprint density at radius 1 is 0.985 bits per heavy atom. The van der Waals surface area contributed by atoms with E-state index < -0.39 is 107 Å². The van der Waals surface area contributed by atoms with E-state index in [2.05, 4.69) is 24.5 Å². The zero-order valence-electron chi connectivity index (χ0n) is 39.0. The van der Waals surface area contributed by atoms with Crippen LogP contribution in [-0.4, -0.2) is 120 Å². The first-order valence-corrected chi connectivity index (χ1v) is 23.4. The van der Waals surface area contributed by atoms with E-state index in [1.807, 2.05) is 12.1 Å². The number of ether oxygens (including phenoxy) is 6. The summed E-state index contributed by atoms with van der Waals surface area (Å²) in [5, 5.41) is 17.1. The molecule has 4 heterocycles. The zero-order valence-corrected chi connectivity index (χ0v) is 39.0. The number of fused-ring (bicyclic) bond motifs is 4. The van der Waals surface area contributed by atoms with Crippen LogP contribution in [-0.2, 0) is 68.6 Å². The molecule has 1 aromatic rings. The number of hydroxylamine groups is 2. The highest BCUT2D eigenvalue weighted by atomic mass is 16.8. The molecule has 8 atom stereocenters. The summed E-state index contributed by atoms with van der Waals surface area (Å²) in [5.74, 6) is -4.27. The molecule has 5 fully saturated rings. The van der Waals surface area contributed by atoms with Gasteiger partial charge in [-0.15, -0.1) is 0 Å². The van der Waals surface area contributed by atoms with Gasteiger partial charge in [0.25, 0.3) is 0 Å². The first kappa shape index (κ1) is 50.0. The number of amides is 2. The van der Waals surface area contributed by atoms with Crippen LogP contribution < -0.4 is 10.6 Å². The van der Waals surface area contributed by atoms with E-state index in [0.29, 0.717) is 24.0 Å². The van der Waals surface area contributed by atoms with Crippen LogP contribution in [0, 0.1) is 10.8 Å². The van der Waals surface area contributed by atoms with Crippen molar-refractivity contribution in [3.05, 3.63) is 41.5 Å². The first-order chi connectivity index (χ1) is 30.8. The third-order valence-corrected chi connectivity index (χ3v) is 12.8. The van der Waals surface area contributed by atoms with Gasteiger partial charge in [0.05, 0.1) is 19.2 Å². The Balaban J connectivity index is 1.20. The molecule has 1 saturated carbocycles. The fourth-order valence-corrected chi connectivity index (χ4v) is 9.57. The van der Waals surface area contributed by atoms with Crippen LogP contribution in [0.25, 0.3) is 6.08 Å². The van der Waals surface area contributed by atoms with Gasteiger partial charge >= 0.3 is 23.9 Å². The van der Waals surface area contributed by atoms with Crippen LogP contribution in [0.5, 0.6) is 0 Å². The average molecular weight is 912 g/mol. The zero-order chi connectivity index (χ0) is 47.2. The van der Waals surface area contributed by atoms with E-state index in [4.69, 9.17) is 33.3 Å². The van der Waals surface area contributed by atoms with Gasteiger partial charge in [0, 0.05) is 50.1 Å². The summed E-state index contributed by atoms with van der Waals surface area (Å²) in [6, 6.07) is 5.32. The molecule has 65 heavy (non-hydrogen) atoms. The number of unbranched alkanes of at least 4 members (excludes halogenated alkanes) is 4. The number of aliphatic hydroxyl groups is 1. The fourth-order valence-electron chi connectivity index (χ4n) is 9.57. The van der Waals surface area contributed by atoms with Gasteiger partial charge in [0.15, 0.2) is 11.8 Å². The number of carbonyl (C=O) groups excluding carboxylic acids is 6. The van der Waals surface area contributed by atoms with Gasteiger partial charge < -0.3 is 44.2 Å². The highest BCUT2D eigenvalue weighted by Crippen LogP contribution is 2.58. The third-order valence-electron chi connectivity index (χ3n) is 12.8. The molecule has 1 aromatic carbocycles. The number of nitrogens with zero attached hydrogens (tertiary/aromatic N) is 1. The van der Waals surface area contributed by atoms with Gasteiger partial charge in [-0.2, -0.15) is 5.06 Å². The second-order valence-corrected chi connectivity index (χ2v) is 19.8.